The summed E-state index contributed by atoms with van der Waals surface area (Å²) in [7, 11) is -7.08. The number of hydrogen-bond donors (Lipinski definition) is 0. The molecular formula is C25H28F3O3PS. The van der Waals surface area contributed by atoms with E-state index in [-0.39, 0.29) is 0 Å². The van der Waals surface area contributed by atoms with Gasteiger partial charge in [-0.05, 0) is 60.2 Å². The highest BCUT2D eigenvalue weighted by Gasteiger charge is 2.37. The lowest BCUT2D eigenvalue weighted by atomic mass is 10.0. The Balaban J connectivity index is 0.000000414. The van der Waals surface area contributed by atoms with Crippen LogP contribution in [0.3, 0.4) is 0 Å². The third kappa shape index (κ3) is 7.13. The minimum Gasteiger partial charge on any atom is -0.741 e. The normalized spacial score (nSPS) is 11.8. The van der Waals surface area contributed by atoms with Crippen LogP contribution < -0.4 is 15.9 Å². The number of alkyl halides is 3. The summed E-state index contributed by atoms with van der Waals surface area (Å²) in [5, 5.41) is 4.57. The summed E-state index contributed by atoms with van der Waals surface area (Å²) >= 11 is 0. The van der Waals surface area contributed by atoms with E-state index in [0.717, 1.165) is 19.3 Å². The topological polar surface area (TPSA) is 57.2 Å². The highest BCUT2D eigenvalue weighted by Crippen LogP contribution is 2.36. The average Bonchev–Trinajstić information content (AvgIpc) is 2.79. The summed E-state index contributed by atoms with van der Waals surface area (Å²) in [5.74, 6) is 0. The molecule has 0 saturated carbocycles. The minimum absolute atomic E-state index is 0.985. The summed E-state index contributed by atoms with van der Waals surface area (Å²) in [5.41, 5.74) is -1.09. The third-order valence-corrected chi connectivity index (χ3v) is 8.72. The van der Waals surface area contributed by atoms with E-state index in [1.165, 1.54) is 27.3 Å². The highest BCUT2D eigenvalue weighted by molar-refractivity contribution is 7.86. The summed E-state index contributed by atoms with van der Waals surface area (Å²) in [6.07, 6.45) is 3.31. The zero-order chi connectivity index (χ0) is 24.6. The van der Waals surface area contributed by atoms with Crippen molar-refractivity contribution < 1.29 is 26.1 Å². The summed E-state index contributed by atoms with van der Waals surface area (Å²) in [6, 6.07) is 27.1. The molecule has 3 rings (SSSR count). The number of halogens is 3. The summed E-state index contributed by atoms with van der Waals surface area (Å²) in [4.78, 5) is 0. The largest absolute Gasteiger partial charge is 0.741 e. The molecule has 178 valence electrons. The number of rotatable bonds is 6. The van der Waals surface area contributed by atoms with E-state index in [1.807, 2.05) is 0 Å². The van der Waals surface area contributed by atoms with Crippen LogP contribution in [0.25, 0.3) is 0 Å². The van der Waals surface area contributed by atoms with Crippen molar-refractivity contribution in [1.29, 1.82) is 0 Å². The van der Waals surface area contributed by atoms with Gasteiger partial charge in [0.05, 0.1) is 7.92 Å². The predicted molar refractivity (Wildman–Crippen MR) is 130 cm³/mol. The molecule has 0 N–H and O–H groups in total. The monoisotopic (exact) mass is 496 g/mol. The molecular weight excluding hydrogens is 468 g/mol. The Labute approximate surface area is 195 Å². The van der Waals surface area contributed by atoms with Gasteiger partial charge in [-0.15, -0.1) is 0 Å². The van der Waals surface area contributed by atoms with Gasteiger partial charge >= 0.3 is 5.51 Å². The minimum atomic E-state index is -6.09. The van der Waals surface area contributed by atoms with Crippen LogP contribution in [0.1, 0.15) is 37.5 Å². The molecule has 3 aromatic rings. The zero-order valence-corrected chi connectivity index (χ0v) is 20.6. The molecule has 0 aromatic heterocycles. The molecule has 0 atom stereocenters. The van der Waals surface area contributed by atoms with Crippen LogP contribution in [0.5, 0.6) is 0 Å². The molecule has 33 heavy (non-hydrogen) atoms. The van der Waals surface area contributed by atoms with Crippen LogP contribution in [0.4, 0.5) is 13.2 Å². The van der Waals surface area contributed by atoms with Gasteiger partial charge in [0.15, 0.2) is 10.1 Å². The van der Waals surface area contributed by atoms with Crippen molar-refractivity contribution in [2.75, 3.05) is 0 Å². The van der Waals surface area contributed by atoms with Gasteiger partial charge in [-0.2, -0.15) is 13.2 Å². The average molecular weight is 497 g/mol. The summed E-state index contributed by atoms with van der Waals surface area (Å²) < 4.78 is 58.9. The van der Waals surface area contributed by atoms with Crippen molar-refractivity contribution in [3.63, 3.8) is 0 Å². The van der Waals surface area contributed by atoms with E-state index in [2.05, 4.69) is 93.6 Å². The van der Waals surface area contributed by atoms with Gasteiger partial charge in [0.1, 0.15) is 15.9 Å². The molecule has 0 fully saturated rings. The van der Waals surface area contributed by atoms with Crippen LogP contribution in [-0.2, 0) is 29.4 Å². The predicted octanol–water partition coefficient (Wildman–Crippen LogP) is 4.92. The van der Waals surface area contributed by atoms with Crippen LogP contribution in [0.2, 0.25) is 0 Å². The molecule has 3 nitrogen and oxygen atoms in total. The smallest absolute Gasteiger partial charge is 0.485 e. The number of aryl methyl sites for hydroxylation is 3. The maximum absolute atomic E-state index is 10.7. The number of benzene rings is 3. The SMILES string of the molecule is CCc1cc(CC)c([PH+](c2ccccc2)c2ccccc2)c(CC)c1.O=S(=O)([O-])C(F)(F)F. The Morgan fingerprint density at radius 1 is 0.758 bits per heavy atom. The van der Waals surface area contributed by atoms with Crippen molar-refractivity contribution in [2.45, 2.75) is 45.5 Å². The molecule has 3 aromatic carbocycles. The molecule has 8 heteroatoms. The van der Waals surface area contributed by atoms with Gasteiger partial charge in [-0.25, -0.2) is 8.42 Å². The quantitative estimate of drug-likeness (QED) is 0.277. The van der Waals surface area contributed by atoms with Crippen molar-refractivity contribution in [3.05, 3.63) is 89.5 Å². The lowest BCUT2D eigenvalue weighted by Crippen LogP contribution is -2.26. The molecule has 0 spiro atoms. The van der Waals surface area contributed by atoms with Gasteiger partial charge in [0, 0.05) is 0 Å². The number of hydrogen-bond acceptors (Lipinski definition) is 3. The van der Waals surface area contributed by atoms with Crippen molar-refractivity contribution in [1.82, 2.24) is 0 Å². The van der Waals surface area contributed by atoms with E-state index in [1.54, 1.807) is 5.30 Å². The van der Waals surface area contributed by atoms with E-state index in [9.17, 15) is 13.2 Å². The molecule has 0 bridgehead atoms. The van der Waals surface area contributed by atoms with Crippen molar-refractivity contribution in [2.24, 2.45) is 0 Å². The second-order valence-electron chi connectivity index (χ2n) is 7.36. The van der Waals surface area contributed by atoms with Crippen LogP contribution in [0.15, 0.2) is 72.8 Å². The lowest BCUT2D eigenvalue weighted by molar-refractivity contribution is -0.0517. The fourth-order valence-corrected chi connectivity index (χ4v) is 6.69. The highest BCUT2D eigenvalue weighted by atomic mass is 32.2. The van der Waals surface area contributed by atoms with Crippen LogP contribution in [0, 0.1) is 0 Å². The van der Waals surface area contributed by atoms with Crippen LogP contribution >= 0.6 is 7.92 Å². The van der Waals surface area contributed by atoms with Crippen molar-refractivity contribution >= 4 is 34.0 Å². The van der Waals surface area contributed by atoms with E-state index >= 15 is 0 Å². The first-order chi connectivity index (χ1) is 15.5. The summed E-state index contributed by atoms with van der Waals surface area (Å²) in [6.45, 7) is 6.86. The van der Waals surface area contributed by atoms with Gasteiger partial charge in [0.2, 0.25) is 0 Å². The third-order valence-electron chi connectivity index (χ3n) is 5.19. The Kier molecular flexibility index (Phi) is 9.65. The maximum Gasteiger partial charge on any atom is 0.485 e. The van der Waals surface area contributed by atoms with Crippen molar-refractivity contribution in [3.8, 4) is 0 Å². The lowest BCUT2D eigenvalue weighted by Gasteiger charge is -2.18. The first-order valence-corrected chi connectivity index (χ1v) is 13.6. The van der Waals surface area contributed by atoms with E-state index in [0.29, 0.717) is 0 Å². The standard InChI is InChI=1S/C24H27P.CHF3O3S/c1-4-19-17-20(5-2)24(21(6-3)18-19)25(22-13-9-7-10-14-22)23-15-11-8-12-16-23;2-1(3,4)8(5,6)7/h7-18H,4-6H2,1-3H3;(H,5,6,7). The van der Waals surface area contributed by atoms with Gasteiger partial charge in [-0.3, -0.25) is 0 Å². The molecule has 0 radical (unpaired) electrons. The zero-order valence-electron chi connectivity index (χ0n) is 18.8. The molecule has 0 aliphatic rings. The van der Waals surface area contributed by atoms with Gasteiger partial charge < -0.3 is 4.55 Å². The maximum atomic E-state index is 10.7. The van der Waals surface area contributed by atoms with E-state index < -0.39 is 23.5 Å². The van der Waals surface area contributed by atoms with E-state index in [4.69, 9.17) is 13.0 Å². The fraction of sp³-hybridized carbons (Fsp3) is 0.280. The second kappa shape index (κ2) is 11.8. The molecule has 0 heterocycles. The Hall–Kier alpha value is -2.21. The molecule has 0 saturated heterocycles. The van der Waals surface area contributed by atoms with Gasteiger partial charge in [0.25, 0.3) is 0 Å². The molecule has 0 unspecified atom stereocenters. The first-order valence-electron chi connectivity index (χ1n) is 10.7. The Morgan fingerprint density at radius 3 is 1.39 bits per heavy atom. The molecule has 0 aliphatic carbocycles. The second-order valence-corrected chi connectivity index (χ2v) is 11.1. The Morgan fingerprint density at radius 2 is 1.12 bits per heavy atom. The Bertz CT molecular complexity index is 1070. The molecule has 0 amide bonds. The molecule has 0 aliphatic heterocycles. The van der Waals surface area contributed by atoms with Gasteiger partial charge in [-0.1, -0.05) is 69.3 Å². The first kappa shape index (κ1) is 27.0. The van der Waals surface area contributed by atoms with Crippen LogP contribution in [-0.4, -0.2) is 18.5 Å². The fourth-order valence-electron chi connectivity index (χ4n) is 3.59.